The third-order valence-corrected chi connectivity index (χ3v) is 8.70. The Balaban J connectivity index is 3.03. The van der Waals surface area contributed by atoms with Crippen molar-refractivity contribution in [1.29, 1.82) is 0 Å². The van der Waals surface area contributed by atoms with Gasteiger partial charge in [0, 0.05) is 42.2 Å². The van der Waals surface area contributed by atoms with Gasteiger partial charge in [0.15, 0.2) is 0 Å². The van der Waals surface area contributed by atoms with E-state index in [4.69, 9.17) is 0 Å². The van der Waals surface area contributed by atoms with Crippen molar-refractivity contribution in [3.8, 4) is 0 Å². The average Bonchev–Trinajstić information content (AvgIpc) is 3.26. The van der Waals surface area contributed by atoms with Crippen LogP contribution in [0.4, 0.5) is 0 Å². The van der Waals surface area contributed by atoms with E-state index in [1.54, 1.807) is 6.08 Å². The maximum atomic E-state index is 13.1. The molecule has 0 heterocycles. The molecule has 0 bridgehead atoms. The molecular weight excluding hydrogens is 594 g/mol. The highest BCUT2D eigenvalue weighted by Gasteiger charge is 2.41. The van der Waals surface area contributed by atoms with Crippen LogP contribution in [0, 0.1) is 11.8 Å². The zero-order chi connectivity index (χ0) is 33.1. The summed E-state index contributed by atoms with van der Waals surface area (Å²) in [7, 11) is 0. The summed E-state index contributed by atoms with van der Waals surface area (Å²) in [6.07, 6.45) is 10.9. The van der Waals surface area contributed by atoms with Crippen LogP contribution in [-0.4, -0.2) is 76.3 Å². The largest absolute Gasteiger partial charge is 0.550 e. The van der Waals surface area contributed by atoms with Crippen LogP contribution in [0.1, 0.15) is 77.6 Å². The topological polar surface area (TPSA) is 244 Å². The lowest BCUT2D eigenvalue weighted by atomic mass is 9.91. The molecule has 1 saturated carbocycles. The van der Waals surface area contributed by atoms with Gasteiger partial charge in [0.2, 0.25) is 11.8 Å². The van der Waals surface area contributed by atoms with Crippen molar-refractivity contribution < 1.29 is 54.9 Å². The van der Waals surface area contributed by atoms with E-state index in [0.29, 0.717) is 25.7 Å². The van der Waals surface area contributed by atoms with Gasteiger partial charge >= 0.3 is 0 Å². The molecule has 1 fully saturated rings. The molecule has 6 atom stereocenters. The van der Waals surface area contributed by atoms with Crippen LogP contribution in [0.15, 0.2) is 24.3 Å². The number of thioether (sulfide) groups is 1. The first-order valence-electron chi connectivity index (χ1n) is 15.0. The summed E-state index contributed by atoms with van der Waals surface area (Å²) in [5.41, 5.74) is 3.39. The second-order valence-corrected chi connectivity index (χ2v) is 12.2. The fraction of sp³-hybridized carbons (Fsp3) is 0.667. The third kappa shape index (κ3) is 16.0. The molecule has 1 aliphatic rings. The minimum Gasteiger partial charge on any atom is -0.550 e. The number of aliphatic carboxylic acids is 3. The molecule has 0 spiro atoms. The number of hydrogen-bond donors (Lipinski definition) is 4. The van der Waals surface area contributed by atoms with Gasteiger partial charge < -0.3 is 51.2 Å². The van der Waals surface area contributed by atoms with Gasteiger partial charge in [0.25, 0.3) is 0 Å². The summed E-state index contributed by atoms with van der Waals surface area (Å²) in [4.78, 5) is 70.7. The van der Waals surface area contributed by atoms with E-state index in [2.05, 4.69) is 23.3 Å². The van der Waals surface area contributed by atoms with Crippen LogP contribution < -0.4 is 31.7 Å². The Morgan fingerprint density at radius 3 is 2.41 bits per heavy atom. The standard InChI is InChI=1S/C30H47N3O10S/c1-2-3-6-9-19(34)12-13-21-20(10-7-4-5-8-11-27(37)38)24(35)16-25(21)44-18-23(29(41)32-17-28(39)40)33-26(36)15-14-22(31)30(42)43/h4,7,12-13,19-23,25,34H,2-3,5-6,8-11,14-18,31H2,1H3,(H,32,41)(H,33,36)(H,37,38)(H,39,40)(H,42,43)/p-2/b7-4-,13-12+/t19-,20+,21+,22-,23-,25-/m0/s1. The molecule has 44 heavy (non-hydrogen) atoms. The minimum absolute atomic E-state index is 0.00790. The number of nitrogens with one attached hydrogen (secondary N) is 2. The molecule has 0 radical (unpaired) electrons. The van der Waals surface area contributed by atoms with E-state index < -0.39 is 60.4 Å². The highest BCUT2D eigenvalue weighted by molar-refractivity contribution is 8.00. The number of quaternary nitrogens is 1. The summed E-state index contributed by atoms with van der Waals surface area (Å²) >= 11 is 1.26. The van der Waals surface area contributed by atoms with Crippen molar-refractivity contribution in [2.24, 2.45) is 11.8 Å². The molecule has 0 aromatic heterocycles. The van der Waals surface area contributed by atoms with E-state index in [-0.39, 0.29) is 48.4 Å². The number of carboxylic acids is 3. The summed E-state index contributed by atoms with van der Waals surface area (Å²) in [5, 5.41) is 47.2. The van der Waals surface area contributed by atoms with Gasteiger partial charge in [0.05, 0.1) is 24.6 Å². The fourth-order valence-corrected chi connectivity index (χ4v) is 6.19. The van der Waals surface area contributed by atoms with Gasteiger partial charge in [0.1, 0.15) is 17.9 Å². The number of rotatable bonds is 23. The predicted octanol–water partition coefficient (Wildman–Crippen LogP) is -2.85. The van der Waals surface area contributed by atoms with E-state index in [1.165, 1.54) is 11.8 Å². The fourth-order valence-electron chi connectivity index (χ4n) is 4.73. The van der Waals surface area contributed by atoms with Gasteiger partial charge in [-0.25, -0.2) is 0 Å². The molecular formula is C30H45N3O10S-2. The van der Waals surface area contributed by atoms with Gasteiger partial charge in [-0.1, -0.05) is 50.5 Å². The van der Waals surface area contributed by atoms with E-state index >= 15 is 0 Å². The van der Waals surface area contributed by atoms with Crippen LogP contribution >= 0.6 is 11.8 Å². The molecule has 0 saturated heterocycles. The van der Waals surface area contributed by atoms with E-state index in [1.807, 2.05) is 18.2 Å². The average molecular weight is 640 g/mol. The first-order chi connectivity index (χ1) is 20.8. The van der Waals surface area contributed by atoms with Crippen molar-refractivity contribution >= 4 is 47.3 Å². The maximum Gasteiger partial charge on any atom is 0.243 e. The second kappa shape index (κ2) is 21.5. The molecule has 6 N–H and O–H groups in total. The molecule has 0 aromatic carbocycles. The Labute approximate surface area is 262 Å². The summed E-state index contributed by atoms with van der Waals surface area (Å²) < 4.78 is 0. The molecule has 1 aliphatic carbocycles. The maximum absolute atomic E-state index is 13.1. The number of Topliss-reactive ketones (excluding diaryl/α,β-unsaturated/α-hetero) is 1. The number of amides is 2. The number of carbonyl (C=O) groups is 6. The first-order valence-corrected chi connectivity index (χ1v) is 16.1. The Morgan fingerprint density at radius 2 is 1.77 bits per heavy atom. The highest BCUT2D eigenvalue weighted by atomic mass is 32.2. The Hall–Kier alpha value is -3.23. The Morgan fingerprint density at radius 1 is 1.05 bits per heavy atom. The monoisotopic (exact) mass is 639 g/mol. The lowest BCUT2D eigenvalue weighted by molar-refractivity contribution is -0.438. The molecule has 248 valence electrons. The molecule has 0 unspecified atom stereocenters. The van der Waals surface area contributed by atoms with Crippen LogP contribution in [0.25, 0.3) is 0 Å². The van der Waals surface area contributed by atoms with Gasteiger partial charge in [-0.05, 0) is 38.0 Å². The van der Waals surface area contributed by atoms with Gasteiger partial charge in [-0.15, -0.1) is 0 Å². The van der Waals surface area contributed by atoms with Crippen LogP contribution in [-0.2, 0) is 28.8 Å². The zero-order valence-electron chi connectivity index (χ0n) is 25.2. The molecule has 2 amide bonds. The number of unbranched alkanes of at least 4 members (excludes halogenated alkanes) is 3. The quantitative estimate of drug-likeness (QED) is 0.0655. The van der Waals surface area contributed by atoms with Crippen molar-refractivity contribution in [2.45, 2.75) is 101 Å². The predicted molar refractivity (Wildman–Crippen MR) is 156 cm³/mol. The van der Waals surface area contributed by atoms with Crippen LogP contribution in [0.3, 0.4) is 0 Å². The number of allylic oxidation sites excluding steroid dienone is 3. The lowest BCUT2D eigenvalue weighted by Crippen LogP contribution is -2.68. The number of carbonyl (C=O) groups excluding carboxylic acids is 6. The van der Waals surface area contributed by atoms with Crippen LogP contribution in [0.2, 0.25) is 0 Å². The highest BCUT2D eigenvalue weighted by Crippen LogP contribution is 2.40. The summed E-state index contributed by atoms with van der Waals surface area (Å²) in [6, 6.07) is -2.31. The zero-order valence-corrected chi connectivity index (χ0v) is 26.0. The second-order valence-electron chi connectivity index (χ2n) is 10.9. The number of hydrogen-bond acceptors (Lipinski definition) is 11. The molecule has 0 aliphatic heterocycles. The first kappa shape index (κ1) is 38.8. The number of aliphatic hydroxyl groups is 1. The Kier molecular flexibility index (Phi) is 18.9. The minimum atomic E-state index is -1.52. The van der Waals surface area contributed by atoms with Crippen molar-refractivity contribution in [2.75, 3.05) is 12.3 Å². The lowest BCUT2D eigenvalue weighted by Gasteiger charge is -2.24. The van der Waals surface area contributed by atoms with Gasteiger partial charge in [-0.2, -0.15) is 11.8 Å². The van der Waals surface area contributed by atoms with Crippen molar-refractivity contribution in [3.05, 3.63) is 24.3 Å². The Bertz CT molecular complexity index is 1030. The smallest absolute Gasteiger partial charge is 0.243 e. The normalized spacial score (nSPS) is 20.4. The SMILES string of the molecule is CCCCC[C@H](O)/C=C/[C@H]1[C@@H](SC[C@H](NC(=O)CC[C@H]([NH3+])C(=O)[O-])C(=O)NCC(=O)[O-])CC(=O)[C@@H]1C/C=C\CCCC(=O)[O-]. The number of ketones is 1. The summed E-state index contributed by atoms with van der Waals surface area (Å²) in [5.74, 6) is -6.22. The van der Waals surface area contributed by atoms with Gasteiger partial charge in [-0.3, -0.25) is 14.4 Å². The summed E-state index contributed by atoms with van der Waals surface area (Å²) in [6.45, 7) is 1.28. The number of carboxylic acid groups (broad SMARTS) is 3. The molecule has 1 rings (SSSR count). The molecule has 13 nitrogen and oxygen atoms in total. The van der Waals surface area contributed by atoms with E-state index in [0.717, 1.165) is 19.3 Å². The van der Waals surface area contributed by atoms with E-state index in [9.17, 15) is 49.2 Å². The van der Waals surface area contributed by atoms with Crippen LogP contribution in [0.5, 0.6) is 0 Å². The molecule has 14 heteroatoms. The molecule has 0 aromatic rings. The third-order valence-electron chi connectivity index (χ3n) is 7.27. The number of aliphatic hydroxyl groups excluding tert-OH is 1. The van der Waals surface area contributed by atoms with Crippen molar-refractivity contribution in [3.63, 3.8) is 0 Å². The van der Waals surface area contributed by atoms with Crippen molar-refractivity contribution in [1.82, 2.24) is 10.6 Å².